The number of aromatic nitrogens is 4. The van der Waals surface area contributed by atoms with Gasteiger partial charge in [-0.25, -0.2) is 19.9 Å². The molecule has 0 N–H and O–H groups in total. The topological polar surface area (TPSA) is 81.1 Å². The number of pyridine rings is 2. The monoisotopic (exact) mass is 469 g/mol. The number of ether oxygens (including phenoxy) is 1. The standard InChI is InChI=1S/C24H22F3N5O2/c1-14-3-6-17(22-28-9-2-10-29-22)21(31-14)23(33)32-13-15-4-7-18(32)19(11-15)34-20-8-5-16(12-30-20)24(25,26)27/h2-3,5-6,8-10,12,15,18-19H,4,7,11,13H2,1H3/t15?,18-,19+/m0/s1. The molecule has 1 aliphatic carbocycles. The van der Waals surface area contributed by atoms with Crippen molar-refractivity contribution in [1.29, 1.82) is 0 Å². The minimum absolute atomic E-state index is 0.116. The van der Waals surface area contributed by atoms with E-state index >= 15 is 0 Å². The molecule has 6 rings (SSSR count). The summed E-state index contributed by atoms with van der Waals surface area (Å²) in [7, 11) is 0. The molecule has 10 heteroatoms. The van der Waals surface area contributed by atoms with Crippen molar-refractivity contribution in [3.63, 3.8) is 0 Å². The van der Waals surface area contributed by atoms with Gasteiger partial charge in [0.15, 0.2) is 5.82 Å². The second-order valence-corrected chi connectivity index (χ2v) is 8.66. The molecule has 3 fully saturated rings. The number of carbonyl (C=O) groups excluding carboxylic acids is 1. The molecular formula is C24H22F3N5O2. The Morgan fingerprint density at radius 3 is 2.56 bits per heavy atom. The zero-order valence-electron chi connectivity index (χ0n) is 18.4. The highest BCUT2D eigenvalue weighted by Gasteiger charge is 2.45. The molecule has 3 aliphatic rings. The SMILES string of the molecule is Cc1ccc(-c2ncccn2)c(C(=O)N2CC3CC[C@H]2[C@H](Oc2ccc(C(F)(F)F)cn2)C3)n1. The van der Waals surface area contributed by atoms with Gasteiger partial charge in [-0.05, 0) is 56.4 Å². The van der Waals surface area contributed by atoms with Gasteiger partial charge in [0.2, 0.25) is 5.88 Å². The molecule has 1 saturated carbocycles. The average molecular weight is 469 g/mol. The van der Waals surface area contributed by atoms with Crippen LogP contribution in [0.4, 0.5) is 13.2 Å². The Kier molecular flexibility index (Phi) is 5.66. The molecule has 2 saturated heterocycles. The lowest BCUT2D eigenvalue weighted by molar-refractivity contribution is -0.137. The Bertz CT molecular complexity index is 1190. The van der Waals surface area contributed by atoms with E-state index in [-0.39, 0.29) is 35.5 Å². The molecule has 3 aromatic rings. The minimum atomic E-state index is -4.46. The maximum atomic E-state index is 13.7. The van der Waals surface area contributed by atoms with Gasteiger partial charge in [-0.15, -0.1) is 0 Å². The van der Waals surface area contributed by atoms with Gasteiger partial charge in [-0.1, -0.05) is 0 Å². The van der Waals surface area contributed by atoms with Gasteiger partial charge in [-0.3, -0.25) is 4.79 Å². The summed E-state index contributed by atoms with van der Waals surface area (Å²) < 4.78 is 44.5. The van der Waals surface area contributed by atoms with Crippen LogP contribution in [0.1, 0.15) is 41.0 Å². The first-order valence-corrected chi connectivity index (χ1v) is 11.1. The van der Waals surface area contributed by atoms with E-state index < -0.39 is 11.7 Å². The van der Waals surface area contributed by atoms with Gasteiger partial charge in [0.1, 0.15) is 11.8 Å². The van der Waals surface area contributed by atoms with Crippen molar-refractivity contribution >= 4 is 5.91 Å². The fourth-order valence-electron chi connectivity index (χ4n) is 4.74. The predicted molar refractivity (Wildman–Crippen MR) is 116 cm³/mol. The molecule has 1 amide bonds. The summed E-state index contributed by atoms with van der Waals surface area (Å²) in [6.07, 6.45) is 1.59. The first-order valence-electron chi connectivity index (χ1n) is 11.1. The highest BCUT2D eigenvalue weighted by atomic mass is 19.4. The fraction of sp³-hybridized carbons (Fsp3) is 0.375. The van der Waals surface area contributed by atoms with E-state index in [1.807, 2.05) is 13.0 Å². The highest BCUT2D eigenvalue weighted by molar-refractivity contribution is 5.98. The molecule has 0 aromatic carbocycles. The first-order chi connectivity index (χ1) is 16.3. The number of piperidine rings is 2. The summed E-state index contributed by atoms with van der Waals surface area (Å²) in [4.78, 5) is 32.4. The van der Waals surface area contributed by atoms with Gasteiger partial charge >= 0.3 is 6.18 Å². The van der Waals surface area contributed by atoms with Crippen LogP contribution in [-0.2, 0) is 6.18 Å². The third kappa shape index (κ3) is 4.32. The molecule has 0 spiro atoms. The number of carbonyl (C=O) groups is 1. The van der Waals surface area contributed by atoms with Crippen LogP contribution in [0.15, 0.2) is 48.9 Å². The van der Waals surface area contributed by atoms with Gasteiger partial charge < -0.3 is 9.64 Å². The lowest BCUT2D eigenvalue weighted by atomic mass is 9.77. The van der Waals surface area contributed by atoms with E-state index in [0.29, 0.717) is 30.0 Å². The van der Waals surface area contributed by atoms with Gasteiger partial charge in [-0.2, -0.15) is 13.2 Å². The summed E-state index contributed by atoms with van der Waals surface area (Å²) in [6, 6.07) is 7.26. The largest absolute Gasteiger partial charge is 0.472 e. The summed E-state index contributed by atoms with van der Waals surface area (Å²) >= 11 is 0. The van der Waals surface area contributed by atoms with Gasteiger partial charge in [0, 0.05) is 36.9 Å². The van der Waals surface area contributed by atoms with Crippen LogP contribution in [0.25, 0.3) is 11.4 Å². The maximum Gasteiger partial charge on any atom is 0.417 e. The van der Waals surface area contributed by atoms with Crippen LogP contribution in [0.3, 0.4) is 0 Å². The molecule has 34 heavy (non-hydrogen) atoms. The van der Waals surface area contributed by atoms with Gasteiger partial charge in [0.05, 0.1) is 17.2 Å². The van der Waals surface area contributed by atoms with Crippen molar-refractivity contribution in [2.24, 2.45) is 5.92 Å². The van der Waals surface area contributed by atoms with Crippen molar-refractivity contribution < 1.29 is 22.7 Å². The number of rotatable bonds is 4. The number of fused-ring (bicyclic) bond motifs is 3. The van der Waals surface area contributed by atoms with Crippen LogP contribution in [0.5, 0.6) is 5.88 Å². The number of hydrogen-bond acceptors (Lipinski definition) is 6. The van der Waals surface area contributed by atoms with E-state index in [9.17, 15) is 18.0 Å². The minimum Gasteiger partial charge on any atom is -0.472 e. The van der Waals surface area contributed by atoms with Crippen molar-refractivity contribution in [3.8, 4) is 17.3 Å². The van der Waals surface area contributed by atoms with E-state index in [4.69, 9.17) is 4.74 Å². The molecule has 7 nitrogen and oxygen atoms in total. The van der Waals surface area contributed by atoms with Crippen LogP contribution < -0.4 is 4.74 Å². The van der Waals surface area contributed by atoms with Crippen molar-refractivity contribution in [2.45, 2.75) is 44.5 Å². The molecule has 1 unspecified atom stereocenters. The molecule has 176 valence electrons. The predicted octanol–water partition coefficient (Wildman–Crippen LogP) is 4.33. The Balaban J connectivity index is 1.40. The second kappa shape index (κ2) is 8.66. The first kappa shape index (κ1) is 22.2. The number of halogens is 3. The summed E-state index contributed by atoms with van der Waals surface area (Å²) in [5, 5.41) is 0. The van der Waals surface area contributed by atoms with Gasteiger partial charge in [0.25, 0.3) is 5.91 Å². The quantitative estimate of drug-likeness (QED) is 0.566. The molecule has 3 atom stereocenters. The van der Waals surface area contributed by atoms with Crippen LogP contribution in [0.2, 0.25) is 0 Å². The Labute approximate surface area is 194 Å². The zero-order chi connectivity index (χ0) is 23.9. The summed E-state index contributed by atoms with van der Waals surface area (Å²) in [5.41, 5.74) is 0.708. The molecular weight excluding hydrogens is 447 g/mol. The number of aryl methyl sites for hydroxylation is 1. The number of alkyl halides is 3. The third-order valence-corrected chi connectivity index (χ3v) is 6.36. The van der Waals surface area contributed by atoms with E-state index in [0.717, 1.165) is 25.1 Å². The Hall–Kier alpha value is -3.56. The summed E-state index contributed by atoms with van der Waals surface area (Å²) in [6.45, 7) is 2.39. The average Bonchev–Trinajstić information content (AvgIpc) is 2.84. The van der Waals surface area contributed by atoms with Crippen LogP contribution in [0, 0.1) is 12.8 Å². The summed E-state index contributed by atoms with van der Waals surface area (Å²) in [5.74, 6) is 0.538. The number of nitrogens with zero attached hydrogens (tertiary/aromatic N) is 5. The molecule has 2 bridgehead atoms. The fourth-order valence-corrected chi connectivity index (χ4v) is 4.74. The lowest BCUT2D eigenvalue weighted by Gasteiger charge is -2.49. The molecule has 0 radical (unpaired) electrons. The smallest absolute Gasteiger partial charge is 0.417 e. The Morgan fingerprint density at radius 1 is 1.09 bits per heavy atom. The highest BCUT2D eigenvalue weighted by Crippen LogP contribution is 2.38. The van der Waals surface area contributed by atoms with E-state index in [2.05, 4.69) is 19.9 Å². The molecule has 2 aliphatic heterocycles. The van der Waals surface area contributed by atoms with Crippen molar-refractivity contribution in [1.82, 2.24) is 24.8 Å². The van der Waals surface area contributed by atoms with E-state index in [1.54, 1.807) is 29.4 Å². The van der Waals surface area contributed by atoms with Crippen molar-refractivity contribution in [3.05, 3.63) is 65.9 Å². The normalized spacial score (nSPS) is 22.0. The second-order valence-electron chi connectivity index (χ2n) is 8.66. The number of amides is 1. The zero-order valence-corrected chi connectivity index (χ0v) is 18.4. The van der Waals surface area contributed by atoms with Crippen LogP contribution in [-0.4, -0.2) is 49.4 Å². The molecule has 3 aromatic heterocycles. The maximum absolute atomic E-state index is 13.7. The number of hydrogen-bond donors (Lipinski definition) is 0. The lowest BCUT2D eigenvalue weighted by Crippen LogP contribution is -2.59. The third-order valence-electron chi connectivity index (χ3n) is 6.36. The van der Waals surface area contributed by atoms with E-state index in [1.165, 1.54) is 6.07 Å². The van der Waals surface area contributed by atoms with Crippen molar-refractivity contribution in [2.75, 3.05) is 6.54 Å². The molecule has 5 heterocycles. The Morgan fingerprint density at radius 2 is 1.88 bits per heavy atom. The van der Waals surface area contributed by atoms with Crippen LogP contribution >= 0.6 is 0 Å².